The molecule has 2 nitrogen and oxygen atoms in total. The van der Waals surface area contributed by atoms with Gasteiger partial charge < -0.3 is 7.43 Å². The molecule has 40 valence electrons. The first-order chi connectivity index (χ1) is 2.00. The van der Waals surface area contributed by atoms with Crippen LogP contribution in [0.15, 0.2) is 0 Å². The molecule has 0 spiro atoms. The summed E-state index contributed by atoms with van der Waals surface area (Å²) < 4.78 is 16.5. The van der Waals surface area contributed by atoms with Crippen molar-refractivity contribution in [2.75, 3.05) is 0 Å². The molecule has 0 radical (unpaired) electrons. The quantitative estimate of drug-likeness (QED) is 0.231. The van der Waals surface area contributed by atoms with Crippen LogP contribution >= 0.6 is 42.4 Å². The average molecular weight is 356 g/mol. The van der Waals surface area contributed by atoms with Gasteiger partial charge in [-0.25, -0.2) is 8.42 Å². The molecule has 0 aliphatic heterocycles. The maximum Gasteiger partial charge on any atom is 1.00 e. The smallest absolute Gasteiger partial charge is 0.358 e. The van der Waals surface area contributed by atoms with Crippen molar-refractivity contribution < 1.29 is 38.0 Å². The Morgan fingerprint density at radius 3 is 1.14 bits per heavy atom. The van der Waals surface area contributed by atoms with E-state index in [0.29, 0.717) is 0 Å². The number of hydrogen-bond acceptors (Lipinski definition) is 2. The van der Waals surface area contributed by atoms with E-state index in [1.54, 1.807) is 0 Å². The Hall–Kier alpha value is 2.41. The minimum absolute atomic E-state index is 0. The number of halogens is 2. The molecular weight excluding hydrogens is 353 g/mol. The van der Waals surface area contributed by atoms with Gasteiger partial charge in [-0.1, -0.05) is 0 Å². The van der Waals surface area contributed by atoms with E-state index in [1.807, 2.05) is 0 Å². The third kappa shape index (κ3) is 59.5. The third-order valence-electron chi connectivity index (χ3n) is 0. The topological polar surface area (TPSA) is 34.1 Å². The molecule has 0 N–H and O–H groups in total. The Morgan fingerprint density at radius 1 is 1.14 bits per heavy atom. The normalized spacial score (nSPS) is 8.29. The van der Waals surface area contributed by atoms with Crippen LogP contribution in [0.1, 0.15) is 0 Å². The molecule has 0 aliphatic carbocycles. The summed E-state index contributed by atoms with van der Waals surface area (Å²) >= 11 is 2.67. The van der Waals surface area contributed by atoms with E-state index in [1.165, 1.54) is 42.4 Å². The van der Waals surface area contributed by atoms with E-state index in [2.05, 4.69) is 0 Å². The molecule has 0 saturated carbocycles. The molecule has 0 rings (SSSR count). The van der Waals surface area contributed by atoms with Crippen LogP contribution in [-0.4, -0.2) is 8.42 Å². The van der Waals surface area contributed by atoms with Crippen LogP contribution in [0.2, 0.25) is 0 Å². The molecule has 0 fully saturated rings. The molecular formula is CH3I2NaO2S. The second-order valence-electron chi connectivity index (χ2n) is 0.378. The molecule has 0 aromatic heterocycles. The molecule has 0 aromatic carbocycles. The molecule has 0 amide bonds. The fraction of sp³-hybridized carbons (Fsp3) is 0. The Balaban J connectivity index is -0.0000000800. The van der Waals surface area contributed by atoms with Crippen molar-refractivity contribution in [1.29, 1.82) is 0 Å². The van der Waals surface area contributed by atoms with Crippen molar-refractivity contribution in [2.24, 2.45) is 0 Å². The molecule has 0 atom stereocenters. The fourth-order valence-electron chi connectivity index (χ4n) is 0. The number of rotatable bonds is 0. The van der Waals surface area contributed by atoms with Gasteiger partial charge in [-0.05, 0) is 0 Å². The van der Waals surface area contributed by atoms with Crippen LogP contribution in [0.3, 0.4) is 0 Å². The standard InChI is InChI=1S/CH3.I2O2S.Na/c;1-5(2,3)4;/h1H3;;/q-1;;+1. The predicted molar refractivity (Wildman–Crippen MR) is 43.4 cm³/mol. The van der Waals surface area contributed by atoms with Gasteiger partial charge in [0.1, 0.15) is 0 Å². The van der Waals surface area contributed by atoms with Crippen molar-refractivity contribution in [3.63, 3.8) is 0 Å². The molecule has 7 heavy (non-hydrogen) atoms. The maximum absolute atomic E-state index is 9.61. The summed E-state index contributed by atoms with van der Waals surface area (Å²) in [5, 5.41) is 0. The zero-order chi connectivity index (χ0) is 4.50. The Bertz CT molecular complexity index is 98.9. The van der Waals surface area contributed by atoms with Crippen LogP contribution in [-0.2, 0) is 4.18 Å². The second kappa shape index (κ2) is 6.53. The monoisotopic (exact) mass is 356 g/mol. The summed E-state index contributed by atoms with van der Waals surface area (Å²) in [6, 6.07) is 0. The van der Waals surface area contributed by atoms with Crippen LogP contribution in [0.25, 0.3) is 0 Å². The third-order valence-corrected chi connectivity index (χ3v) is 0. The fourth-order valence-corrected chi connectivity index (χ4v) is 0. The second-order valence-corrected chi connectivity index (χ2v) is 13.1. The summed E-state index contributed by atoms with van der Waals surface area (Å²) in [7, 11) is 0. The Morgan fingerprint density at radius 2 is 1.14 bits per heavy atom. The predicted octanol–water partition coefficient (Wildman–Crippen LogP) is -1.44. The van der Waals surface area contributed by atoms with Gasteiger partial charge in [0.15, 0.2) is 0 Å². The van der Waals surface area contributed by atoms with E-state index >= 15 is 0 Å². The van der Waals surface area contributed by atoms with Crippen LogP contribution < -0.4 is 29.6 Å². The van der Waals surface area contributed by atoms with E-state index in [0.717, 1.165) is 0 Å². The van der Waals surface area contributed by atoms with Gasteiger partial charge in [0.25, 0.3) is 4.18 Å². The van der Waals surface area contributed by atoms with Gasteiger partial charge in [-0.2, -0.15) is 0 Å². The zero-order valence-corrected chi connectivity index (χ0v) is 11.1. The zero-order valence-electron chi connectivity index (χ0n) is 3.98. The van der Waals surface area contributed by atoms with E-state index in [-0.39, 0.29) is 37.0 Å². The SMILES string of the molecule is O=S(=O)(I)I.[CH3-].[Na+]. The van der Waals surface area contributed by atoms with Crippen molar-refractivity contribution in [3.8, 4) is 0 Å². The van der Waals surface area contributed by atoms with Crippen LogP contribution in [0.4, 0.5) is 0 Å². The molecule has 6 heteroatoms. The molecule has 0 saturated heterocycles. The Labute approximate surface area is 90.2 Å². The summed E-state index contributed by atoms with van der Waals surface area (Å²) in [4.78, 5) is 0. The van der Waals surface area contributed by atoms with Crippen LogP contribution in [0.5, 0.6) is 0 Å². The van der Waals surface area contributed by atoms with E-state index < -0.39 is 4.18 Å². The van der Waals surface area contributed by atoms with E-state index in [4.69, 9.17) is 0 Å². The molecule has 0 bridgehead atoms. The van der Waals surface area contributed by atoms with Crippen molar-refractivity contribution in [1.82, 2.24) is 0 Å². The molecule has 0 aliphatic rings. The van der Waals surface area contributed by atoms with Gasteiger partial charge in [0.05, 0.1) is 42.4 Å². The first kappa shape index (κ1) is 16.2. The Kier molecular flexibility index (Phi) is 15.1. The first-order valence-corrected chi connectivity index (χ1v) is 7.21. The van der Waals surface area contributed by atoms with Crippen molar-refractivity contribution in [3.05, 3.63) is 7.43 Å². The first-order valence-electron chi connectivity index (χ1n) is 0.642. The summed E-state index contributed by atoms with van der Waals surface area (Å²) in [5.41, 5.74) is 0. The largest absolute Gasteiger partial charge is 1.00 e. The van der Waals surface area contributed by atoms with Gasteiger partial charge in [-0.3, -0.25) is 0 Å². The van der Waals surface area contributed by atoms with Gasteiger partial charge >= 0.3 is 29.6 Å². The maximum atomic E-state index is 9.61. The summed E-state index contributed by atoms with van der Waals surface area (Å²) in [6.07, 6.45) is 0. The molecule has 0 unspecified atom stereocenters. The minimum atomic E-state index is -2.73. The van der Waals surface area contributed by atoms with Crippen LogP contribution in [0, 0.1) is 7.43 Å². The van der Waals surface area contributed by atoms with Gasteiger partial charge in [-0.15, -0.1) is 0 Å². The summed E-state index contributed by atoms with van der Waals surface area (Å²) in [5.74, 6) is 0. The van der Waals surface area contributed by atoms with Crippen molar-refractivity contribution in [2.45, 2.75) is 0 Å². The van der Waals surface area contributed by atoms with E-state index in [9.17, 15) is 8.42 Å². The van der Waals surface area contributed by atoms with Crippen molar-refractivity contribution >= 4 is 46.6 Å². The average Bonchev–Trinajstić information content (AvgIpc) is 0.722. The molecule has 0 aromatic rings. The molecule has 0 heterocycles. The van der Waals surface area contributed by atoms with Gasteiger partial charge in [0.2, 0.25) is 0 Å². The number of hydrogen-bond donors (Lipinski definition) is 0. The summed E-state index contributed by atoms with van der Waals surface area (Å²) in [6.45, 7) is 0. The van der Waals surface area contributed by atoms with Gasteiger partial charge in [0, 0.05) is 0 Å². The minimum Gasteiger partial charge on any atom is -0.358 e.